The molecule has 0 aliphatic carbocycles. The van der Waals surface area contributed by atoms with Crippen molar-refractivity contribution in [3.05, 3.63) is 63.9 Å². The van der Waals surface area contributed by atoms with E-state index in [0.717, 1.165) is 11.8 Å². The van der Waals surface area contributed by atoms with Crippen molar-refractivity contribution in [2.75, 3.05) is 24.7 Å². The van der Waals surface area contributed by atoms with E-state index in [4.69, 9.17) is 11.6 Å². The van der Waals surface area contributed by atoms with Gasteiger partial charge in [0.25, 0.3) is 5.56 Å². The number of halogens is 1. The maximum atomic E-state index is 12.4. The van der Waals surface area contributed by atoms with Crippen molar-refractivity contribution in [2.24, 2.45) is 7.05 Å². The summed E-state index contributed by atoms with van der Waals surface area (Å²) in [5.41, 5.74) is 0.904. The van der Waals surface area contributed by atoms with Gasteiger partial charge in [-0.3, -0.25) is 19.0 Å². The molecule has 0 aliphatic rings. The van der Waals surface area contributed by atoms with Crippen molar-refractivity contribution in [3.8, 4) is 0 Å². The number of carbonyl (C=O) groups excluding carboxylic acids is 2. The second kappa shape index (κ2) is 9.11. The molecule has 0 saturated heterocycles. The highest BCUT2D eigenvalue weighted by molar-refractivity contribution is 7.99. The largest absolute Gasteiger partial charge is 0.336 e. The Morgan fingerprint density at radius 3 is 2.62 bits per heavy atom. The number of hydrogen-bond acceptors (Lipinski definition) is 5. The van der Waals surface area contributed by atoms with Crippen molar-refractivity contribution in [3.63, 3.8) is 0 Å². The third-order valence-electron chi connectivity index (χ3n) is 4.22. The van der Waals surface area contributed by atoms with Crippen LogP contribution in [0.1, 0.15) is 0 Å². The number of rotatable bonds is 6. The molecule has 3 aromatic rings. The van der Waals surface area contributed by atoms with Crippen LogP contribution in [0.15, 0.2) is 58.5 Å². The first-order valence-corrected chi connectivity index (χ1v) is 10.1. The quantitative estimate of drug-likeness (QED) is 0.480. The van der Waals surface area contributed by atoms with Gasteiger partial charge in [-0.2, -0.15) is 0 Å². The summed E-state index contributed by atoms with van der Waals surface area (Å²) in [5, 5.41) is 4.07. The minimum absolute atomic E-state index is 0.0501. The molecule has 0 radical (unpaired) electrons. The van der Waals surface area contributed by atoms with E-state index >= 15 is 0 Å². The molecule has 29 heavy (non-hydrogen) atoms. The van der Waals surface area contributed by atoms with Crippen molar-refractivity contribution in [1.82, 2.24) is 14.5 Å². The van der Waals surface area contributed by atoms with E-state index in [-0.39, 0.29) is 29.7 Å². The SMILES string of the molecule is CN(CC(=O)Nc1ccccc1Cl)C(=O)CSc1nc2ccccc2c(=O)n1C. The molecule has 0 fully saturated rings. The molecule has 0 aliphatic heterocycles. The van der Waals surface area contributed by atoms with Crippen LogP contribution in [-0.2, 0) is 16.6 Å². The summed E-state index contributed by atoms with van der Waals surface area (Å²) < 4.78 is 1.42. The van der Waals surface area contributed by atoms with E-state index in [2.05, 4.69) is 10.3 Å². The Morgan fingerprint density at radius 2 is 1.86 bits per heavy atom. The summed E-state index contributed by atoms with van der Waals surface area (Å²) in [4.78, 5) is 42.8. The first-order valence-electron chi connectivity index (χ1n) is 8.73. The lowest BCUT2D eigenvalue weighted by molar-refractivity contribution is -0.131. The number of carbonyl (C=O) groups is 2. The minimum Gasteiger partial charge on any atom is -0.336 e. The van der Waals surface area contributed by atoms with Crippen LogP contribution in [0.2, 0.25) is 5.02 Å². The van der Waals surface area contributed by atoms with Crippen molar-refractivity contribution >= 4 is 51.8 Å². The van der Waals surface area contributed by atoms with E-state index in [9.17, 15) is 14.4 Å². The number of amides is 2. The Balaban J connectivity index is 1.61. The van der Waals surface area contributed by atoms with Crippen LogP contribution in [0.25, 0.3) is 10.9 Å². The molecule has 1 N–H and O–H groups in total. The zero-order chi connectivity index (χ0) is 21.0. The highest BCUT2D eigenvalue weighted by Crippen LogP contribution is 2.20. The first kappa shape index (κ1) is 20.9. The lowest BCUT2D eigenvalue weighted by Crippen LogP contribution is -2.36. The number of hydrogen-bond donors (Lipinski definition) is 1. The van der Waals surface area contributed by atoms with Crippen LogP contribution >= 0.6 is 23.4 Å². The Bertz CT molecular complexity index is 1130. The number of likely N-dealkylation sites (N-methyl/N-ethyl adjacent to an activating group) is 1. The molecule has 0 bridgehead atoms. The molecule has 1 aromatic heterocycles. The Kier molecular flexibility index (Phi) is 6.56. The number of nitrogens with one attached hydrogen (secondary N) is 1. The fourth-order valence-corrected chi connectivity index (χ4v) is 3.71. The fraction of sp³-hybridized carbons (Fsp3) is 0.200. The smallest absolute Gasteiger partial charge is 0.261 e. The van der Waals surface area contributed by atoms with Crippen LogP contribution < -0.4 is 10.9 Å². The van der Waals surface area contributed by atoms with Gasteiger partial charge in [0.1, 0.15) is 0 Å². The predicted octanol–water partition coefficient (Wildman–Crippen LogP) is 2.78. The molecule has 150 valence electrons. The van der Waals surface area contributed by atoms with Gasteiger partial charge in [-0.05, 0) is 24.3 Å². The van der Waals surface area contributed by atoms with Gasteiger partial charge in [-0.15, -0.1) is 0 Å². The van der Waals surface area contributed by atoms with Gasteiger partial charge in [-0.25, -0.2) is 4.98 Å². The Hall–Kier alpha value is -2.84. The van der Waals surface area contributed by atoms with Gasteiger partial charge in [0.05, 0.1) is 33.9 Å². The number of nitrogens with zero attached hydrogens (tertiary/aromatic N) is 3. The number of fused-ring (bicyclic) bond motifs is 1. The summed E-state index contributed by atoms with van der Waals surface area (Å²) in [7, 11) is 3.16. The van der Waals surface area contributed by atoms with Crippen LogP contribution in [0.3, 0.4) is 0 Å². The average Bonchev–Trinajstić information content (AvgIpc) is 2.71. The lowest BCUT2D eigenvalue weighted by atomic mass is 10.2. The zero-order valence-corrected chi connectivity index (χ0v) is 17.5. The third-order valence-corrected chi connectivity index (χ3v) is 5.57. The van der Waals surface area contributed by atoms with Gasteiger partial charge in [0.15, 0.2) is 5.16 Å². The van der Waals surface area contributed by atoms with Crippen molar-refractivity contribution in [1.29, 1.82) is 0 Å². The van der Waals surface area contributed by atoms with Crippen LogP contribution in [-0.4, -0.2) is 45.6 Å². The highest BCUT2D eigenvalue weighted by Gasteiger charge is 2.16. The van der Waals surface area contributed by atoms with E-state index in [0.29, 0.717) is 26.8 Å². The van der Waals surface area contributed by atoms with E-state index in [1.807, 2.05) is 0 Å². The third kappa shape index (κ3) is 4.96. The van der Waals surface area contributed by atoms with Crippen LogP contribution in [0, 0.1) is 0 Å². The number of para-hydroxylation sites is 2. The number of thioether (sulfide) groups is 1. The van der Waals surface area contributed by atoms with E-state index in [1.165, 1.54) is 9.47 Å². The summed E-state index contributed by atoms with van der Waals surface area (Å²) in [5.74, 6) is -0.559. The molecule has 0 saturated carbocycles. The average molecular weight is 431 g/mol. The maximum Gasteiger partial charge on any atom is 0.261 e. The highest BCUT2D eigenvalue weighted by atomic mass is 35.5. The molecule has 2 aromatic carbocycles. The van der Waals surface area contributed by atoms with Gasteiger partial charge in [-0.1, -0.05) is 47.6 Å². The second-order valence-electron chi connectivity index (χ2n) is 6.34. The number of anilines is 1. The minimum atomic E-state index is -0.352. The first-order chi connectivity index (χ1) is 13.9. The molecule has 0 atom stereocenters. The summed E-state index contributed by atoms with van der Waals surface area (Å²) >= 11 is 7.17. The van der Waals surface area contributed by atoms with Gasteiger partial charge >= 0.3 is 0 Å². The lowest BCUT2D eigenvalue weighted by Gasteiger charge is -2.17. The molecular weight excluding hydrogens is 412 g/mol. The summed E-state index contributed by atoms with van der Waals surface area (Å²) in [6.45, 7) is -0.116. The maximum absolute atomic E-state index is 12.4. The molecule has 7 nitrogen and oxygen atoms in total. The number of aromatic nitrogens is 2. The standard InChI is InChI=1S/C20H19ClN4O3S/c1-24(11-17(26)22-16-10-6-4-8-14(16)21)18(27)12-29-20-23-15-9-5-3-7-13(15)19(28)25(20)2/h3-10H,11-12H2,1-2H3,(H,22,26). The van der Waals surface area contributed by atoms with Gasteiger partial charge in [0, 0.05) is 14.1 Å². The number of benzene rings is 2. The predicted molar refractivity (Wildman–Crippen MR) is 115 cm³/mol. The molecule has 9 heteroatoms. The van der Waals surface area contributed by atoms with Crippen LogP contribution in [0.4, 0.5) is 5.69 Å². The van der Waals surface area contributed by atoms with Gasteiger partial charge < -0.3 is 10.2 Å². The van der Waals surface area contributed by atoms with Crippen molar-refractivity contribution in [2.45, 2.75) is 5.16 Å². The monoisotopic (exact) mass is 430 g/mol. The molecular formula is C20H19ClN4O3S. The van der Waals surface area contributed by atoms with E-state index < -0.39 is 0 Å². The Morgan fingerprint density at radius 1 is 1.17 bits per heavy atom. The normalized spacial score (nSPS) is 10.7. The molecule has 0 spiro atoms. The molecule has 0 unspecified atom stereocenters. The second-order valence-corrected chi connectivity index (χ2v) is 7.69. The molecule has 2 amide bonds. The summed E-state index contributed by atoms with van der Waals surface area (Å²) in [6.07, 6.45) is 0. The zero-order valence-electron chi connectivity index (χ0n) is 15.9. The summed E-state index contributed by atoms with van der Waals surface area (Å²) in [6, 6.07) is 13.9. The van der Waals surface area contributed by atoms with Gasteiger partial charge in [0.2, 0.25) is 11.8 Å². The van der Waals surface area contributed by atoms with Crippen LogP contribution in [0.5, 0.6) is 0 Å². The fourth-order valence-electron chi connectivity index (χ4n) is 2.62. The van der Waals surface area contributed by atoms with Crippen molar-refractivity contribution < 1.29 is 9.59 Å². The Labute approximate surface area is 176 Å². The molecule has 3 rings (SSSR count). The molecule has 1 heterocycles. The van der Waals surface area contributed by atoms with E-state index in [1.54, 1.807) is 62.6 Å². The topological polar surface area (TPSA) is 84.3 Å².